The minimum Gasteiger partial charge on any atom is -0.481 e. The average molecular weight is 332 g/mol. The Morgan fingerprint density at radius 1 is 0.958 bits per heavy atom. The molecule has 3 amide bonds. The molecule has 0 unspecified atom stereocenters. The summed E-state index contributed by atoms with van der Waals surface area (Å²) in [4.78, 5) is 47.5. The molecular weight excluding hydrogens is 312 g/mol. The van der Waals surface area contributed by atoms with Gasteiger partial charge in [0.25, 0.3) is 11.8 Å². The van der Waals surface area contributed by atoms with Gasteiger partial charge in [-0.3, -0.25) is 24.1 Å². The number of carboxylic acid groups (broad SMARTS) is 1. The lowest BCUT2D eigenvalue weighted by Crippen LogP contribution is -2.34. The third-order valence-corrected chi connectivity index (χ3v) is 3.83. The predicted molar refractivity (Wildman–Crippen MR) is 85.5 cm³/mol. The van der Waals surface area contributed by atoms with E-state index in [0.29, 0.717) is 30.5 Å². The number of imide groups is 1. The molecule has 0 saturated heterocycles. The molecule has 1 aromatic rings. The van der Waals surface area contributed by atoms with E-state index in [4.69, 9.17) is 5.11 Å². The highest BCUT2D eigenvalue weighted by Crippen LogP contribution is 2.22. The fourth-order valence-electron chi connectivity index (χ4n) is 2.55. The van der Waals surface area contributed by atoms with Crippen molar-refractivity contribution < 1.29 is 24.3 Å². The number of amides is 3. The fraction of sp³-hybridized carbons (Fsp3) is 0.412. The first kappa shape index (κ1) is 17.7. The predicted octanol–water partition coefficient (Wildman–Crippen LogP) is 1.43. The van der Waals surface area contributed by atoms with Crippen LogP contribution in [0, 0.1) is 0 Å². The number of nitrogens with one attached hydrogen (secondary N) is 1. The number of nitrogens with zero attached hydrogens (tertiary/aromatic N) is 1. The molecule has 128 valence electrons. The number of benzene rings is 1. The highest BCUT2D eigenvalue weighted by Gasteiger charge is 2.34. The fourth-order valence-corrected chi connectivity index (χ4v) is 2.55. The molecule has 1 aliphatic heterocycles. The summed E-state index contributed by atoms with van der Waals surface area (Å²) in [7, 11) is 0. The van der Waals surface area contributed by atoms with Crippen LogP contribution in [0.25, 0.3) is 0 Å². The van der Waals surface area contributed by atoms with Crippen LogP contribution in [0.5, 0.6) is 0 Å². The topological polar surface area (TPSA) is 104 Å². The molecule has 7 heteroatoms. The van der Waals surface area contributed by atoms with Crippen molar-refractivity contribution in [2.24, 2.45) is 0 Å². The summed E-state index contributed by atoms with van der Waals surface area (Å²) in [5.41, 5.74) is 0.752. The molecule has 0 bridgehead atoms. The third-order valence-electron chi connectivity index (χ3n) is 3.83. The number of rotatable bonds is 9. The molecular formula is C17H20N2O5. The number of carbonyl (C=O) groups is 4. The Morgan fingerprint density at radius 3 is 2.17 bits per heavy atom. The van der Waals surface area contributed by atoms with Crippen LogP contribution in [0.4, 0.5) is 0 Å². The van der Waals surface area contributed by atoms with E-state index in [2.05, 4.69) is 5.32 Å². The molecule has 2 N–H and O–H groups in total. The SMILES string of the molecule is O=C(O)CCCCCNC(=O)CCN1C(=O)c2ccccc2C1=O. The van der Waals surface area contributed by atoms with Gasteiger partial charge >= 0.3 is 5.97 Å². The summed E-state index contributed by atoms with van der Waals surface area (Å²) in [6, 6.07) is 6.61. The van der Waals surface area contributed by atoms with Crippen LogP contribution >= 0.6 is 0 Å². The molecule has 7 nitrogen and oxygen atoms in total. The van der Waals surface area contributed by atoms with E-state index >= 15 is 0 Å². The molecule has 0 aliphatic carbocycles. The van der Waals surface area contributed by atoms with Gasteiger partial charge in [0.15, 0.2) is 0 Å². The van der Waals surface area contributed by atoms with E-state index in [1.807, 2.05) is 0 Å². The van der Waals surface area contributed by atoms with Gasteiger partial charge < -0.3 is 10.4 Å². The summed E-state index contributed by atoms with van der Waals surface area (Å²) in [5, 5.41) is 11.2. The van der Waals surface area contributed by atoms with E-state index in [0.717, 1.165) is 11.3 Å². The van der Waals surface area contributed by atoms with Crippen molar-refractivity contribution >= 4 is 23.7 Å². The molecule has 1 heterocycles. The Bertz CT molecular complexity index is 621. The Morgan fingerprint density at radius 2 is 1.58 bits per heavy atom. The zero-order chi connectivity index (χ0) is 17.5. The Kier molecular flexibility index (Phi) is 6.06. The molecule has 1 aromatic carbocycles. The van der Waals surface area contributed by atoms with E-state index in [9.17, 15) is 19.2 Å². The largest absolute Gasteiger partial charge is 0.481 e. The first-order valence-electron chi connectivity index (χ1n) is 7.94. The molecule has 2 rings (SSSR count). The Balaban J connectivity index is 1.69. The van der Waals surface area contributed by atoms with Crippen LogP contribution in [0.3, 0.4) is 0 Å². The molecule has 0 radical (unpaired) electrons. The molecule has 0 spiro atoms. The lowest BCUT2D eigenvalue weighted by Gasteiger charge is -2.13. The summed E-state index contributed by atoms with van der Waals surface area (Å²) in [6.45, 7) is 0.512. The van der Waals surface area contributed by atoms with Crippen molar-refractivity contribution in [3.8, 4) is 0 Å². The van der Waals surface area contributed by atoms with Crippen molar-refractivity contribution in [3.63, 3.8) is 0 Å². The number of hydrogen-bond donors (Lipinski definition) is 2. The maximum Gasteiger partial charge on any atom is 0.303 e. The van der Waals surface area contributed by atoms with Gasteiger partial charge in [-0.15, -0.1) is 0 Å². The van der Waals surface area contributed by atoms with Gasteiger partial charge in [-0.2, -0.15) is 0 Å². The zero-order valence-corrected chi connectivity index (χ0v) is 13.3. The van der Waals surface area contributed by atoms with Crippen molar-refractivity contribution in [3.05, 3.63) is 35.4 Å². The summed E-state index contributed by atoms with van der Waals surface area (Å²) in [5.74, 6) is -1.78. The van der Waals surface area contributed by atoms with E-state index in [1.165, 1.54) is 0 Å². The van der Waals surface area contributed by atoms with Crippen LogP contribution in [-0.4, -0.2) is 46.8 Å². The van der Waals surface area contributed by atoms with Crippen LogP contribution in [0.1, 0.15) is 52.8 Å². The van der Waals surface area contributed by atoms with Gasteiger partial charge in [-0.1, -0.05) is 18.6 Å². The second kappa shape index (κ2) is 8.24. The van der Waals surface area contributed by atoms with E-state index in [1.54, 1.807) is 24.3 Å². The highest BCUT2D eigenvalue weighted by molar-refractivity contribution is 6.21. The zero-order valence-electron chi connectivity index (χ0n) is 13.3. The van der Waals surface area contributed by atoms with Crippen molar-refractivity contribution in [1.82, 2.24) is 10.2 Å². The number of unbranched alkanes of at least 4 members (excludes halogenated alkanes) is 2. The summed E-state index contributed by atoms with van der Waals surface area (Å²) in [6.07, 6.45) is 2.20. The number of hydrogen-bond acceptors (Lipinski definition) is 4. The van der Waals surface area contributed by atoms with Crippen LogP contribution < -0.4 is 5.32 Å². The van der Waals surface area contributed by atoms with Gasteiger partial charge in [-0.05, 0) is 25.0 Å². The molecule has 0 saturated carbocycles. The molecule has 0 atom stereocenters. The first-order chi connectivity index (χ1) is 11.5. The maximum atomic E-state index is 12.1. The second-order valence-corrected chi connectivity index (χ2v) is 5.61. The highest BCUT2D eigenvalue weighted by atomic mass is 16.4. The lowest BCUT2D eigenvalue weighted by molar-refractivity contribution is -0.137. The molecule has 0 fully saturated rings. The van der Waals surface area contributed by atoms with Gasteiger partial charge in [0.2, 0.25) is 5.91 Å². The Hall–Kier alpha value is -2.70. The monoisotopic (exact) mass is 332 g/mol. The van der Waals surface area contributed by atoms with Crippen molar-refractivity contribution in [2.45, 2.75) is 32.1 Å². The quantitative estimate of drug-likeness (QED) is 0.526. The van der Waals surface area contributed by atoms with Gasteiger partial charge in [0.05, 0.1) is 11.1 Å². The lowest BCUT2D eigenvalue weighted by atomic mass is 10.1. The van der Waals surface area contributed by atoms with Gasteiger partial charge in [0.1, 0.15) is 0 Å². The van der Waals surface area contributed by atoms with Crippen molar-refractivity contribution in [2.75, 3.05) is 13.1 Å². The minimum atomic E-state index is -0.819. The smallest absolute Gasteiger partial charge is 0.303 e. The number of fused-ring (bicyclic) bond motifs is 1. The number of aliphatic carboxylic acids is 1. The van der Waals surface area contributed by atoms with Crippen molar-refractivity contribution in [1.29, 1.82) is 0 Å². The second-order valence-electron chi connectivity index (χ2n) is 5.61. The molecule has 0 aromatic heterocycles. The number of carboxylic acids is 1. The molecule has 24 heavy (non-hydrogen) atoms. The van der Waals surface area contributed by atoms with Crippen LogP contribution in [0.2, 0.25) is 0 Å². The van der Waals surface area contributed by atoms with E-state index in [-0.39, 0.29) is 37.1 Å². The summed E-state index contributed by atoms with van der Waals surface area (Å²) < 4.78 is 0. The van der Waals surface area contributed by atoms with Gasteiger partial charge in [0, 0.05) is 25.9 Å². The standard InChI is InChI=1S/C17H20N2O5/c20-14(18-10-5-1-2-8-15(21)22)9-11-19-16(23)12-6-3-4-7-13(12)17(19)24/h3-4,6-7H,1-2,5,8-11H2,(H,18,20)(H,21,22). The Labute approximate surface area is 139 Å². The minimum absolute atomic E-state index is 0.0528. The number of carbonyl (C=O) groups excluding carboxylic acids is 3. The summed E-state index contributed by atoms with van der Waals surface area (Å²) >= 11 is 0. The van der Waals surface area contributed by atoms with Crippen LogP contribution in [0.15, 0.2) is 24.3 Å². The van der Waals surface area contributed by atoms with Crippen LogP contribution in [-0.2, 0) is 9.59 Å². The van der Waals surface area contributed by atoms with Gasteiger partial charge in [-0.25, -0.2) is 0 Å². The third kappa shape index (κ3) is 4.41. The average Bonchev–Trinajstić information content (AvgIpc) is 2.80. The molecule has 1 aliphatic rings. The van der Waals surface area contributed by atoms with E-state index < -0.39 is 5.97 Å². The first-order valence-corrected chi connectivity index (χ1v) is 7.94. The normalized spacial score (nSPS) is 13.1. The maximum absolute atomic E-state index is 12.1.